The third-order valence-electron chi connectivity index (χ3n) is 1.88. The maximum absolute atomic E-state index is 8.52. The first-order valence-electron chi connectivity index (χ1n) is 4.24. The van der Waals surface area contributed by atoms with Gasteiger partial charge >= 0.3 is 0 Å². The molecule has 0 bridgehead atoms. The lowest BCUT2D eigenvalue weighted by Crippen LogP contribution is -2.23. The Hall–Kier alpha value is -0.580. The normalized spacial score (nSPS) is 18.4. The number of hydrogen-bond donors (Lipinski definition) is 0. The molecule has 0 atom stereocenters. The standard InChI is InChI=1S/C8H7BrN4S2/c9-7-11-3-6(15-7)4-13-1-2-14-8(13)12-5-10/h3H,1-2,4H2/b12-8+. The highest BCUT2D eigenvalue weighted by molar-refractivity contribution is 9.11. The van der Waals surface area contributed by atoms with E-state index in [1.165, 1.54) is 4.88 Å². The van der Waals surface area contributed by atoms with Gasteiger partial charge in [0.1, 0.15) is 0 Å². The highest BCUT2D eigenvalue weighted by Gasteiger charge is 2.20. The molecule has 15 heavy (non-hydrogen) atoms. The first-order valence-corrected chi connectivity index (χ1v) is 6.84. The molecule has 7 heteroatoms. The van der Waals surface area contributed by atoms with Crippen molar-refractivity contribution in [3.8, 4) is 6.19 Å². The lowest BCUT2D eigenvalue weighted by atomic mass is 10.5. The number of halogens is 1. The first-order chi connectivity index (χ1) is 7.29. The van der Waals surface area contributed by atoms with E-state index in [0.717, 1.165) is 27.9 Å². The van der Waals surface area contributed by atoms with Gasteiger partial charge in [0.25, 0.3) is 0 Å². The Morgan fingerprint density at radius 2 is 2.60 bits per heavy atom. The Bertz CT molecular complexity index is 423. The van der Waals surface area contributed by atoms with Crippen LogP contribution < -0.4 is 0 Å². The fourth-order valence-corrected chi connectivity index (χ4v) is 3.58. The number of aromatic nitrogens is 1. The molecule has 0 spiro atoms. The summed E-state index contributed by atoms with van der Waals surface area (Å²) >= 11 is 6.57. The van der Waals surface area contributed by atoms with Gasteiger partial charge in [0.15, 0.2) is 9.08 Å². The van der Waals surface area contributed by atoms with Gasteiger partial charge in [0, 0.05) is 23.4 Å². The van der Waals surface area contributed by atoms with Gasteiger partial charge in [-0.1, -0.05) is 11.8 Å². The topological polar surface area (TPSA) is 52.3 Å². The Morgan fingerprint density at radius 3 is 3.27 bits per heavy atom. The zero-order chi connectivity index (χ0) is 10.7. The van der Waals surface area contributed by atoms with E-state index < -0.39 is 0 Å². The fraction of sp³-hybridized carbons (Fsp3) is 0.375. The van der Waals surface area contributed by atoms with Crippen molar-refractivity contribution < 1.29 is 0 Å². The van der Waals surface area contributed by atoms with Gasteiger partial charge in [-0.25, -0.2) is 4.98 Å². The third-order valence-corrected chi connectivity index (χ3v) is 4.34. The quantitative estimate of drug-likeness (QED) is 0.787. The van der Waals surface area contributed by atoms with Crippen LogP contribution in [0.4, 0.5) is 0 Å². The molecule has 2 heterocycles. The van der Waals surface area contributed by atoms with Crippen LogP contribution in [0.5, 0.6) is 0 Å². The van der Waals surface area contributed by atoms with Crippen molar-refractivity contribution >= 4 is 44.2 Å². The predicted molar refractivity (Wildman–Crippen MR) is 65.7 cm³/mol. The van der Waals surface area contributed by atoms with Gasteiger partial charge in [-0.2, -0.15) is 5.26 Å². The summed E-state index contributed by atoms with van der Waals surface area (Å²) in [4.78, 5) is 11.2. The van der Waals surface area contributed by atoms with E-state index in [1.54, 1.807) is 23.1 Å². The molecule has 1 saturated heterocycles. The summed E-state index contributed by atoms with van der Waals surface area (Å²) in [5.41, 5.74) is 0. The second-order valence-corrected chi connectivity index (χ2v) is 6.30. The van der Waals surface area contributed by atoms with Crippen LogP contribution in [-0.4, -0.2) is 27.3 Å². The average molecular weight is 303 g/mol. The fourth-order valence-electron chi connectivity index (χ4n) is 1.27. The number of nitrogens with zero attached hydrogens (tertiary/aromatic N) is 4. The van der Waals surface area contributed by atoms with E-state index in [1.807, 2.05) is 12.4 Å². The highest BCUT2D eigenvalue weighted by atomic mass is 79.9. The van der Waals surface area contributed by atoms with Crippen LogP contribution in [0.25, 0.3) is 0 Å². The minimum Gasteiger partial charge on any atom is -0.345 e. The smallest absolute Gasteiger partial charge is 0.208 e. The number of amidine groups is 1. The van der Waals surface area contributed by atoms with Crippen molar-refractivity contribution in [1.29, 1.82) is 5.26 Å². The molecule has 0 amide bonds. The minimum absolute atomic E-state index is 0.788. The van der Waals surface area contributed by atoms with E-state index >= 15 is 0 Å². The van der Waals surface area contributed by atoms with Crippen LogP contribution in [-0.2, 0) is 6.54 Å². The van der Waals surface area contributed by atoms with Crippen molar-refractivity contribution in [3.63, 3.8) is 0 Å². The number of thioether (sulfide) groups is 1. The molecule has 1 fully saturated rings. The molecule has 1 aromatic rings. The minimum atomic E-state index is 0.788. The number of rotatable bonds is 2. The summed E-state index contributed by atoms with van der Waals surface area (Å²) in [5, 5.41) is 9.34. The molecule has 0 N–H and O–H groups in total. The lowest BCUT2D eigenvalue weighted by Gasteiger charge is -2.14. The summed E-state index contributed by atoms with van der Waals surface area (Å²) in [7, 11) is 0. The Balaban J connectivity index is 2.06. The number of nitriles is 1. The maximum atomic E-state index is 8.52. The lowest BCUT2D eigenvalue weighted by molar-refractivity contribution is 0.461. The molecule has 0 aliphatic carbocycles. The third kappa shape index (κ3) is 2.71. The summed E-state index contributed by atoms with van der Waals surface area (Å²) in [6.07, 6.45) is 3.68. The molecule has 0 saturated carbocycles. The molecule has 1 aromatic heterocycles. The molecule has 0 unspecified atom stereocenters. The van der Waals surface area contributed by atoms with Gasteiger partial charge in [0.2, 0.25) is 6.19 Å². The van der Waals surface area contributed by atoms with E-state index in [9.17, 15) is 0 Å². The van der Waals surface area contributed by atoms with Crippen molar-refractivity contribution in [2.75, 3.05) is 12.3 Å². The zero-order valence-corrected chi connectivity index (χ0v) is 10.9. The summed E-state index contributed by atoms with van der Waals surface area (Å²) < 4.78 is 0.892. The molecule has 78 valence electrons. The average Bonchev–Trinajstić information content (AvgIpc) is 2.78. The van der Waals surface area contributed by atoms with Crippen LogP contribution in [0.15, 0.2) is 15.1 Å². The van der Waals surface area contributed by atoms with Crippen LogP contribution >= 0.6 is 39.0 Å². The summed E-state index contributed by atoms with van der Waals surface area (Å²) in [6, 6.07) is 0. The molecule has 1 aliphatic rings. The molecule has 4 nitrogen and oxygen atoms in total. The van der Waals surface area contributed by atoms with Crippen LogP contribution in [0, 0.1) is 11.5 Å². The van der Waals surface area contributed by atoms with Crippen molar-refractivity contribution in [3.05, 3.63) is 15.0 Å². The van der Waals surface area contributed by atoms with E-state index in [2.05, 4.69) is 30.8 Å². The van der Waals surface area contributed by atoms with Gasteiger partial charge in [-0.3, -0.25) is 0 Å². The number of thiazole rings is 1. The molecule has 1 aliphatic heterocycles. The molecule has 0 radical (unpaired) electrons. The second kappa shape index (κ2) is 4.96. The van der Waals surface area contributed by atoms with Gasteiger partial charge < -0.3 is 4.90 Å². The van der Waals surface area contributed by atoms with E-state index in [0.29, 0.717) is 0 Å². The number of hydrogen-bond acceptors (Lipinski definition) is 5. The van der Waals surface area contributed by atoms with Crippen molar-refractivity contribution in [1.82, 2.24) is 9.88 Å². The van der Waals surface area contributed by atoms with E-state index in [4.69, 9.17) is 5.26 Å². The monoisotopic (exact) mass is 302 g/mol. The van der Waals surface area contributed by atoms with Crippen molar-refractivity contribution in [2.45, 2.75) is 6.54 Å². The van der Waals surface area contributed by atoms with Crippen LogP contribution in [0.1, 0.15) is 4.88 Å². The summed E-state index contributed by atoms with van der Waals surface area (Å²) in [6.45, 7) is 1.73. The first kappa shape index (κ1) is 10.9. The Kier molecular flexibility index (Phi) is 3.61. The SMILES string of the molecule is N#C/N=C1/SCCN1Cc1cnc(Br)s1. The van der Waals surface area contributed by atoms with Crippen LogP contribution in [0.3, 0.4) is 0 Å². The van der Waals surface area contributed by atoms with Gasteiger partial charge in [0.05, 0.1) is 6.54 Å². The molecule has 0 aromatic carbocycles. The largest absolute Gasteiger partial charge is 0.345 e. The molecule has 2 rings (SSSR count). The maximum Gasteiger partial charge on any atom is 0.208 e. The second-order valence-electron chi connectivity index (χ2n) is 2.84. The van der Waals surface area contributed by atoms with Crippen LogP contribution in [0.2, 0.25) is 0 Å². The zero-order valence-electron chi connectivity index (χ0n) is 7.68. The van der Waals surface area contributed by atoms with Crippen molar-refractivity contribution in [2.24, 2.45) is 4.99 Å². The van der Waals surface area contributed by atoms with Gasteiger partial charge in [-0.05, 0) is 15.9 Å². The van der Waals surface area contributed by atoms with Gasteiger partial charge in [-0.15, -0.1) is 16.3 Å². The molecular weight excluding hydrogens is 296 g/mol. The predicted octanol–water partition coefficient (Wildman–Crippen LogP) is 2.29. The highest BCUT2D eigenvalue weighted by Crippen LogP contribution is 2.24. The molecular formula is C8H7BrN4S2. The number of aliphatic imine (C=N–C) groups is 1. The van der Waals surface area contributed by atoms with E-state index in [-0.39, 0.29) is 0 Å². The Labute approximate surface area is 104 Å². The summed E-state index contributed by atoms with van der Waals surface area (Å²) in [5.74, 6) is 1.00. The Morgan fingerprint density at radius 1 is 1.73 bits per heavy atom.